The minimum Gasteiger partial charge on any atom is -0.310 e. The predicted molar refractivity (Wildman–Crippen MR) is 92.2 cm³/mol. The summed E-state index contributed by atoms with van der Waals surface area (Å²) >= 11 is 3.69. The number of halogens is 1. The fourth-order valence-corrected chi connectivity index (χ4v) is 3.08. The first-order valence-corrected chi connectivity index (χ1v) is 8.61. The summed E-state index contributed by atoms with van der Waals surface area (Å²) in [5, 5.41) is 3.69. The lowest BCUT2D eigenvalue weighted by Gasteiger charge is -2.28. The molecule has 0 fully saturated rings. The van der Waals surface area contributed by atoms with E-state index in [1.165, 1.54) is 16.5 Å². The molecule has 0 amide bonds. The maximum absolute atomic E-state index is 3.69. The quantitative estimate of drug-likeness (QED) is 0.706. The van der Waals surface area contributed by atoms with Crippen molar-refractivity contribution in [2.45, 2.75) is 52.6 Å². The van der Waals surface area contributed by atoms with Crippen LogP contribution < -0.4 is 5.32 Å². The molecule has 1 N–H and O–H groups in total. The molecule has 114 valence electrons. The molecule has 1 unspecified atom stereocenters. The van der Waals surface area contributed by atoms with Gasteiger partial charge < -0.3 is 10.2 Å². The van der Waals surface area contributed by atoms with Gasteiger partial charge in [0.1, 0.15) is 0 Å². The SMILES string of the molecule is CCCNC(CCN(CC)C(C)C)c1ccccc1Br. The first kappa shape index (κ1) is 17.7. The molecule has 0 bridgehead atoms. The van der Waals surface area contributed by atoms with Gasteiger partial charge in [0.15, 0.2) is 0 Å². The summed E-state index contributed by atoms with van der Waals surface area (Å²) in [5.41, 5.74) is 1.38. The van der Waals surface area contributed by atoms with E-state index >= 15 is 0 Å². The zero-order valence-electron chi connectivity index (χ0n) is 13.3. The second-order valence-corrected chi connectivity index (χ2v) is 6.39. The third-order valence-electron chi connectivity index (χ3n) is 3.76. The Hall–Kier alpha value is -0.380. The van der Waals surface area contributed by atoms with E-state index in [0.29, 0.717) is 12.1 Å². The van der Waals surface area contributed by atoms with Gasteiger partial charge in [-0.1, -0.05) is 48.0 Å². The van der Waals surface area contributed by atoms with Crippen LogP contribution in [0.5, 0.6) is 0 Å². The highest BCUT2D eigenvalue weighted by molar-refractivity contribution is 9.10. The van der Waals surface area contributed by atoms with Gasteiger partial charge in [-0.2, -0.15) is 0 Å². The van der Waals surface area contributed by atoms with E-state index in [0.717, 1.165) is 26.1 Å². The normalized spacial score (nSPS) is 13.2. The van der Waals surface area contributed by atoms with Crippen LogP contribution in [0.1, 0.15) is 52.1 Å². The Morgan fingerprint density at radius 1 is 1.20 bits per heavy atom. The van der Waals surface area contributed by atoms with Crippen molar-refractivity contribution in [3.63, 3.8) is 0 Å². The van der Waals surface area contributed by atoms with Crippen molar-refractivity contribution in [1.82, 2.24) is 10.2 Å². The standard InChI is InChI=1S/C17H29BrN2/c1-5-12-19-17(11-13-20(6-2)14(3)4)15-9-7-8-10-16(15)18/h7-10,14,17,19H,5-6,11-13H2,1-4H3. The van der Waals surface area contributed by atoms with Crippen LogP contribution in [0.2, 0.25) is 0 Å². The summed E-state index contributed by atoms with van der Waals surface area (Å²) < 4.78 is 1.21. The second kappa shape index (κ2) is 9.54. The van der Waals surface area contributed by atoms with E-state index in [1.807, 2.05) is 0 Å². The lowest BCUT2D eigenvalue weighted by atomic mass is 10.0. The number of hydrogen-bond donors (Lipinski definition) is 1. The fraction of sp³-hybridized carbons (Fsp3) is 0.647. The Morgan fingerprint density at radius 3 is 2.45 bits per heavy atom. The average molecular weight is 341 g/mol. The number of benzene rings is 1. The number of nitrogens with zero attached hydrogens (tertiary/aromatic N) is 1. The van der Waals surface area contributed by atoms with Crippen molar-refractivity contribution in [3.8, 4) is 0 Å². The third kappa shape index (κ3) is 5.55. The first-order valence-electron chi connectivity index (χ1n) is 7.82. The van der Waals surface area contributed by atoms with Gasteiger partial charge in [-0.25, -0.2) is 0 Å². The molecule has 0 heterocycles. The summed E-state index contributed by atoms with van der Waals surface area (Å²) in [6.07, 6.45) is 2.32. The van der Waals surface area contributed by atoms with Gasteiger partial charge in [-0.15, -0.1) is 0 Å². The molecule has 1 aromatic carbocycles. The lowest BCUT2D eigenvalue weighted by Crippen LogP contribution is -2.34. The van der Waals surface area contributed by atoms with Crippen LogP contribution >= 0.6 is 15.9 Å². The molecular formula is C17H29BrN2. The molecule has 0 aromatic heterocycles. The van der Waals surface area contributed by atoms with Gasteiger partial charge in [-0.05, 0) is 51.4 Å². The van der Waals surface area contributed by atoms with E-state index in [-0.39, 0.29) is 0 Å². The van der Waals surface area contributed by atoms with Gasteiger partial charge in [0.25, 0.3) is 0 Å². The summed E-state index contributed by atoms with van der Waals surface area (Å²) in [7, 11) is 0. The minimum absolute atomic E-state index is 0.429. The number of hydrogen-bond acceptors (Lipinski definition) is 2. The zero-order chi connectivity index (χ0) is 15.0. The van der Waals surface area contributed by atoms with Crippen molar-refractivity contribution in [2.24, 2.45) is 0 Å². The highest BCUT2D eigenvalue weighted by atomic mass is 79.9. The monoisotopic (exact) mass is 340 g/mol. The van der Waals surface area contributed by atoms with Gasteiger partial charge in [0.05, 0.1) is 0 Å². The topological polar surface area (TPSA) is 15.3 Å². The van der Waals surface area contributed by atoms with Crippen LogP contribution in [-0.2, 0) is 0 Å². The Kier molecular flexibility index (Phi) is 8.43. The van der Waals surface area contributed by atoms with Crippen molar-refractivity contribution in [1.29, 1.82) is 0 Å². The minimum atomic E-state index is 0.429. The predicted octanol–water partition coefficient (Wildman–Crippen LogP) is 4.61. The van der Waals surface area contributed by atoms with Crippen molar-refractivity contribution in [3.05, 3.63) is 34.3 Å². The molecule has 0 spiro atoms. The molecule has 0 aliphatic heterocycles. The smallest absolute Gasteiger partial charge is 0.0343 e. The highest BCUT2D eigenvalue weighted by Crippen LogP contribution is 2.26. The van der Waals surface area contributed by atoms with E-state index in [9.17, 15) is 0 Å². The van der Waals surface area contributed by atoms with E-state index in [1.54, 1.807) is 0 Å². The molecule has 3 heteroatoms. The molecular weight excluding hydrogens is 312 g/mol. The van der Waals surface area contributed by atoms with Gasteiger partial charge in [0.2, 0.25) is 0 Å². The highest BCUT2D eigenvalue weighted by Gasteiger charge is 2.15. The maximum Gasteiger partial charge on any atom is 0.0343 e. The summed E-state index contributed by atoms with van der Waals surface area (Å²) in [4.78, 5) is 2.53. The van der Waals surface area contributed by atoms with Crippen LogP contribution in [-0.4, -0.2) is 30.6 Å². The van der Waals surface area contributed by atoms with Crippen LogP contribution in [0.15, 0.2) is 28.7 Å². The molecule has 0 radical (unpaired) electrons. The zero-order valence-corrected chi connectivity index (χ0v) is 14.9. The van der Waals surface area contributed by atoms with Crippen LogP contribution in [0.4, 0.5) is 0 Å². The average Bonchev–Trinajstić information content (AvgIpc) is 2.43. The van der Waals surface area contributed by atoms with Crippen molar-refractivity contribution >= 4 is 15.9 Å². The summed E-state index contributed by atoms with van der Waals surface area (Å²) in [6, 6.07) is 9.61. The molecule has 1 aromatic rings. The second-order valence-electron chi connectivity index (χ2n) is 5.54. The molecule has 2 nitrogen and oxygen atoms in total. The van der Waals surface area contributed by atoms with Crippen LogP contribution in [0.3, 0.4) is 0 Å². The molecule has 0 saturated carbocycles. The molecule has 1 rings (SSSR count). The first-order chi connectivity index (χ1) is 9.60. The van der Waals surface area contributed by atoms with Crippen LogP contribution in [0.25, 0.3) is 0 Å². The number of rotatable bonds is 9. The van der Waals surface area contributed by atoms with E-state index < -0.39 is 0 Å². The summed E-state index contributed by atoms with van der Waals surface area (Å²) in [6.45, 7) is 12.3. The van der Waals surface area contributed by atoms with Crippen LogP contribution in [0, 0.1) is 0 Å². The van der Waals surface area contributed by atoms with Gasteiger partial charge in [0, 0.05) is 23.1 Å². The van der Waals surface area contributed by atoms with E-state index in [2.05, 4.69) is 78.1 Å². The Morgan fingerprint density at radius 2 is 1.90 bits per heavy atom. The van der Waals surface area contributed by atoms with Crippen molar-refractivity contribution in [2.75, 3.05) is 19.6 Å². The molecule has 0 aliphatic carbocycles. The maximum atomic E-state index is 3.69. The fourth-order valence-electron chi connectivity index (χ4n) is 2.52. The lowest BCUT2D eigenvalue weighted by molar-refractivity contribution is 0.220. The molecule has 1 atom stereocenters. The Bertz CT molecular complexity index is 379. The summed E-state index contributed by atoms with van der Waals surface area (Å²) in [5.74, 6) is 0. The van der Waals surface area contributed by atoms with Crippen molar-refractivity contribution < 1.29 is 0 Å². The Balaban J connectivity index is 2.72. The number of nitrogens with one attached hydrogen (secondary N) is 1. The largest absolute Gasteiger partial charge is 0.310 e. The van der Waals surface area contributed by atoms with Gasteiger partial charge >= 0.3 is 0 Å². The Labute approximate surface area is 133 Å². The van der Waals surface area contributed by atoms with Gasteiger partial charge in [-0.3, -0.25) is 0 Å². The molecule has 0 aliphatic rings. The third-order valence-corrected chi connectivity index (χ3v) is 4.49. The van der Waals surface area contributed by atoms with E-state index in [4.69, 9.17) is 0 Å². The molecule has 20 heavy (non-hydrogen) atoms. The molecule has 0 saturated heterocycles.